The molecule has 1 heterocycles. The third-order valence-corrected chi connectivity index (χ3v) is 3.59. The van der Waals surface area contributed by atoms with Gasteiger partial charge in [-0.2, -0.15) is 0 Å². The first-order valence-electron chi connectivity index (χ1n) is 6.20. The van der Waals surface area contributed by atoms with Crippen molar-refractivity contribution in [3.63, 3.8) is 0 Å². The third kappa shape index (κ3) is 3.36. The fourth-order valence-electron chi connectivity index (χ4n) is 1.56. The third-order valence-electron chi connectivity index (χ3n) is 2.83. The minimum atomic E-state index is -0.963. The molecule has 0 aliphatic rings. The van der Waals surface area contributed by atoms with Crippen LogP contribution in [0.5, 0.6) is 0 Å². The molecule has 2 aromatic rings. The number of carbonyl (C=O) groups is 1. The van der Waals surface area contributed by atoms with Crippen LogP contribution in [0.1, 0.15) is 36.8 Å². The second-order valence-electron chi connectivity index (χ2n) is 5.60. The van der Waals surface area contributed by atoms with E-state index in [1.165, 1.54) is 11.3 Å². The normalized spacial score (nSPS) is 11.5. The Morgan fingerprint density at radius 1 is 1.29 bits per heavy atom. The number of aromatic nitrogens is 1. The van der Waals surface area contributed by atoms with Crippen molar-refractivity contribution in [3.8, 4) is 0 Å². The molecule has 7 heteroatoms. The van der Waals surface area contributed by atoms with Gasteiger partial charge in [-0.15, -0.1) is 11.3 Å². The highest BCUT2D eigenvalue weighted by molar-refractivity contribution is 7.14. The number of nitrogen functional groups attached to an aromatic ring is 1. The molecule has 0 radical (unpaired) electrons. The zero-order chi connectivity index (χ0) is 15.8. The van der Waals surface area contributed by atoms with Crippen LogP contribution in [0.15, 0.2) is 17.5 Å². The lowest BCUT2D eigenvalue weighted by molar-refractivity contribution is 0.102. The maximum absolute atomic E-state index is 13.3. The van der Waals surface area contributed by atoms with Crippen LogP contribution in [0.2, 0.25) is 0 Å². The summed E-state index contributed by atoms with van der Waals surface area (Å²) in [6.07, 6.45) is 0. The monoisotopic (exact) mass is 311 g/mol. The van der Waals surface area contributed by atoms with Crippen molar-refractivity contribution in [2.24, 2.45) is 0 Å². The molecule has 3 N–H and O–H groups in total. The summed E-state index contributed by atoms with van der Waals surface area (Å²) in [6.45, 7) is 6.00. The van der Waals surface area contributed by atoms with Gasteiger partial charge in [0.15, 0.2) is 5.13 Å². The lowest BCUT2D eigenvalue weighted by Crippen LogP contribution is -2.15. The molecule has 1 aromatic carbocycles. The summed E-state index contributed by atoms with van der Waals surface area (Å²) >= 11 is 1.26. The van der Waals surface area contributed by atoms with Crippen LogP contribution in [-0.4, -0.2) is 10.9 Å². The number of hydrogen-bond donors (Lipinski definition) is 2. The van der Waals surface area contributed by atoms with Crippen LogP contribution >= 0.6 is 11.3 Å². The number of thiazole rings is 1. The number of carbonyl (C=O) groups excluding carboxylic acids is 1. The van der Waals surface area contributed by atoms with Gasteiger partial charge in [-0.1, -0.05) is 20.8 Å². The van der Waals surface area contributed by atoms with Crippen molar-refractivity contribution in [1.29, 1.82) is 0 Å². The summed E-state index contributed by atoms with van der Waals surface area (Å²) < 4.78 is 26.7. The first-order chi connectivity index (χ1) is 9.68. The fourth-order valence-corrected chi connectivity index (χ4v) is 2.49. The van der Waals surface area contributed by atoms with E-state index in [1.54, 1.807) is 0 Å². The fraction of sp³-hybridized carbons (Fsp3) is 0.286. The number of nitrogens with zero attached hydrogens (tertiary/aromatic N) is 1. The molecule has 4 nitrogen and oxygen atoms in total. The minimum absolute atomic E-state index is 0.140. The topological polar surface area (TPSA) is 68.0 Å². The first kappa shape index (κ1) is 15.4. The number of rotatable bonds is 2. The van der Waals surface area contributed by atoms with Crippen LogP contribution < -0.4 is 11.1 Å². The van der Waals surface area contributed by atoms with Gasteiger partial charge < -0.3 is 5.73 Å². The van der Waals surface area contributed by atoms with Gasteiger partial charge in [-0.25, -0.2) is 13.8 Å². The van der Waals surface area contributed by atoms with Gasteiger partial charge in [0.2, 0.25) is 0 Å². The van der Waals surface area contributed by atoms with Crippen LogP contribution in [-0.2, 0) is 5.41 Å². The molecule has 0 aliphatic heterocycles. The number of anilines is 2. The van der Waals surface area contributed by atoms with Crippen molar-refractivity contribution in [2.75, 3.05) is 11.1 Å². The van der Waals surface area contributed by atoms with Crippen LogP contribution in [0, 0.1) is 11.6 Å². The second-order valence-corrected chi connectivity index (χ2v) is 6.45. The van der Waals surface area contributed by atoms with Gasteiger partial charge in [0.05, 0.1) is 5.69 Å². The lowest BCUT2D eigenvalue weighted by Gasteiger charge is -2.14. The highest BCUT2D eigenvalue weighted by Gasteiger charge is 2.19. The zero-order valence-corrected chi connectivity index (χ0v) is 12.6. The summed E-state index contributed by atoms with van der Waals surface area (Å²) in [5, 5.41) is 4.73. The van der Waals surface area contributed by atoms with Crippen molar-refractivity contribution in [3.05, 3.63) is 40.4 Å². The Bertz CT molecular complexity index is 669. The van der Waals surface area contributed by atoms with E-state index in [0.29, 0.717) is 5.13 Å². The Kier molecular flexibility index (Phi) is 3.95. The Labute approximate surface area is 125 Å². The molecule has 0 atom stereocenters. The summed E-state index contributed by atoms with van der Waals surface area (Å²) in [5.41, 5.74) is 5.11. The molecule has 0 spiro atoms. The smallest absolute Gasteiger partial charge is 0.257 e. The van der Waals surface area contributed by atoms with E-state index >= 15 is 0 Å². The molecular formula is C14H15F2N3OS. The van der Waals surface area contributed by atoms with Gasteiger partial charge >= 0.3 is 0 Å². The van der Waals surface area contributed by atoms with Gasteiger partial charge in [0.25, 0.3) is 5.91 Å². The molecule has 112 valence electrons. The molecule has 1 amide bonds. The van der Waals surface area contributed by atoms with E-state index in [4.69, 9.17) is 5.73 Å². The summed E-state index contributed by atoms with van der Waals surface area (Å²) in [6, 6.07) is 1.79. The van der Waals surface area contributed by atoms with E-state index in [9.17, 15) is 13.6 Å². The van der Waals surface area contributed by atoms with Crippen molar-refractivity contribution < 1.29 is 13.6 Å². The molecule has 21 heavy (non-hydrogen) atoms. The van der Waals surface area contributed by atoms with E-state index in [0.717, 1.165) is 17.8 Å². The summed E-state index contributed by atoms with van der Waals surface area (Å²) in [7, 11) is 0. The average molecular weight is 311 g/mol. The van der Waals surface area contributed by atoms with Crippen molar-refractivity contribution in [1.82, 2.24) is 4.98 Å². The van der Waals surface area contributed by atoms with Gasteiger partial charge in [-0.3, -0.25) is 10.1 Å². The van der Waals surface area contributed by atoms with Crippen molar-refractivity contribution in [2.45, 2.75) is 26.2 Å². The number of nitrogens with one attached hydrogen (secondary N) is 1. The predicted molar refractivity (Wildman–Crippen MR) is 79.5 cm³/mol. The number of amides is 1. The van der Waals surface area contributed by atoms with E-state index in [2.05, 4.69) is 10.3 Å². The molecule has 0 saturated heterocycles. The van der Waals surface area contributed by atoms with Crippen molar-refractivity contribution >= 4 is 28.1 Å². The number of nitrogens with two attached hydrogens (primary N) is 1. The Morgan fingerprint density at radius 2 is 1.86 bits per heavy atom. The molecule has 2 rings (SSSR count). The molecular weight excluding hydrogens is 296 g/mol. The molecule has 0 saturated carbocycles. The largest absolute Gasteiger partial charge is 0.394 e. The zero-order valence-electron chi connectivity index (χ0n) is 11.8. The molecule has 0 aliphatic carbocycles. The molecule has 1 aromatic heterocycles. The Hall–Kier alpha value is -2.02. The summed E-state index contributed by atoms with van der Waals surface area (Å²) in [5.74, 6) is -2.56. The average Bonchev–Trinajstić information content (AvgIpc) is 2.83. The maximum atomic E-state index is 13.3. The minimum Gasteiger partial charge on any atom is -0.394 e. The maximum Gasteiger partial charge on any atom is 0.257 e. The standard InChI is InChI=1S/C14H15F2N3OS/c1-14(2,3)10-6-21-13(18-10)19-12(20)7-4-8(15)11(17)9(16)5-7/h4-6H,17H2,1-3H3,(H,18,19,20). The highest BCUT2D eigenvalue weighted by Crippen LogP contribution is 2.27. The van der Waals surface area contributed by atoms with E-state index in [-0.39, 0.29) is 11.0 Å². The van der Waals surface area contributed by atoms with Gasteiger partial charge in [0.1, 0.15) is 17.3 Å². The van der Waals surface area contributed by atoms with Gasteiger partial charge in [0, 0.05) is 16.4 Å². The van der Waals surface area contributed by atoms with E-state index < -0.39 is 23.2 Å². The highest BCUT2D eigenvalue weighted by atomic mass is 32.1. The Morgan fingerprint density at radius 3 is 2.33 bits per heavy atom. The van der Waals surface area contributed by atoms with Crippen LogP contribution in [0.4, 0.5) is 19.6 Å². The number of benzene rings is 1. The SMILES string of the molecule is CC(C)(C)c1csc(NC(=O)c2cc(F)c(N)c(F)c2)n1. The molecule has 0 fully saturated rings. The number of hydrogen-bond acceptors (Lipinski definition) is 4. The molecule has 0 unspecified atom stereocenters. The first-order valence-corrected chi connectivity index (χ1v) is 7.08. The Balaban J connectivity index is 2.20. The van der Waals surface area contributed by atoms with Crippen LogP contribution in [0.3, 0.4) is 0 Å². The van der Waals surface area contributed by atoms with Gasteiger partial charge in [-0.05, 0) is 12.1 Å². The summed E-state index contributed by atoms with van der Waals surface area (Å²) in [4.78, 5) is 16.3. The quantitative estimate of drug-likeness (QED) is 0.833. The number of halogens is 2. The molecule has 0 bridgehead atoms. The predicted octanol–water partition coefficient (Wildman–Crippen LogP) is 3.55. The van der Waals surface area contributed by atoms with Crippen LogP contribution in [0.25, 0.3) is 0 Å². The lowest BCUT2D eigenvalue weighted by atomic mass is 9.93. The van der Waals surface area contributed by atoms with E-state index in [1.807, 2.05) is 26.2 Å². The second kappa shape index (κ2) is 5.40.